The largest absolute Gasteiger partial charge is 0.493 e. The summed E-state index contributed by atoms with van der Waals surface area (Å²) in [7, 11) is -0.654. The summed E-state index contributed by atoms with van der Waals surface area (Å²) in [5.41, 5.74) is 0.852. The van der Waals surface area contributed by atoms with E-state index in [2.05, 4.69) is 21.2 Å². The van der Waals surface area contributed by atoms with Gasteiger partial charge in [-0.05, 0) is 40.2 Å². The van der Waals surface area contributed by atoms with Crippen molar-refractivity contribution < 1.29 is 22.7 Å². The molecule has 0 unspecified atom stereocenters. The number of benzene rings is 2. The van der Waals surface area contributed by atoms with Gasteiger partial charge in [-0.2, -0.15) is 0 Å². The molecule has 2 rings (SSSR count). The summed E-state index contributed by atoms with van der Waals surface area (Å²) in [6.07, 6.45) is 1.05. The molecule has 0 radical (unpaired) electrons. The van der Waals surface area contributed by atoms with Gasteiger partial charge in [-0.1, -0.05) is 12.1 Å². The maximum absolute atomic E-state index is 12.4. The van der Waals surface area contributed by atoms with Gasteiger partial charge in [-0.15, -0.1) is 0 Å². The van der Waals surface area contributed by atoms with E-state index in [4.69, 9.17) is 9.47 Å². The third-order valence-electron chi connectivity index (χ3n) is 3.48. The van der Waals surface area contributed by atoms with Crippen molar-refractivity contribution in [3.05, 3.63) is 46.9 Å². The van der Waals surface area contributed by atoms with Crippen molar-refractivity contribution in [2.24, 2.45) is 0 Å². The van der Waals surface area contributed by atoms with Crippen LogP contribution >= 0.6 is 15.9 Å². The first-order valence-electron chi connectivity index (χ1n) is 7.50. The molecule has 0 aliphatic rings. The number of hydrogen-bond acceptors (Lipinski definition) is 5. The molecule has 0 aliphatic heterocycles. The average Bonchev–Trinajstić information content (AvgIpc) is 2.59. The molecule has 0 fully saturated rings. The SMILES string of the molecule is COc1ccc(NC(=O)CN(c2ccccc2Br)S(C)(=O)=O)cc1OC. The second kappa shape index (κ2) is 8.41. The van der Waals surface area contributed by atoms with Gasteiger partial charge in [0, 0.05) is 16.2 Å². The quantitative estimate of drug-likeness (QED) is 0.712. The molecule has 0 aliphatic carbocycles. The molecule has 26 heavy (non-hydrogen) atoms. The minimum absolute atomic E-state index is 0.365. The van der Waals surface area contributed by atoms with Crippen LogP contribution in [0.5, 0.6) is 11.5 Å². The van der Waals surface area contributed by atoms with Crippen molar-refractivity contribution in [1.29, 1.82) is 0 Å². The molecule has 0 saturated heterocycles. The number of methoxy groups -OCH3 is 2. The number of nitrogens with one attached hydrogen (secondary N) is 1. The Morgan fingerprint density at radius 1 is 1.12 bits per heavy atom. The summed E-state index contributed by atoms with van der Waals surface area (Å²) in [5, 5.41) is 2.66. The van der Waals surface area contributed by atoms with E-state index in [9.17, 15) is 13.2 Å². The van der Waals surface area contributed by atoms with Crippen molar-refractivity contribution in [3.8, 4) is 11.5 Å². The average molecular weight is 443 g/mol. The van der Waals surface area contributed by atoms with E-state index in [0.717, 1.165) is 10.6 Å². The fourth-order valence-corrected chi connectivity index (χ4v) is 3.76. The van der Waals surface area contributed by atoms with Gasteiger partial charge in [-0.3, -0.25) is 9.10 Å². The van der Waals surface area contributed by atoms with E-state index in [1.54, 1.807) is 42.5 Å². The molecule has 0 spiro atoms. The minimum atomic E-state index is -3.65. The molecule has 0 saturated carbocycles. The highest BCUT2D eigenvalue weighted by atomic mass is 79.9. The summed E-state index contributed by atoms with van der Waals surface area (Å²) in [5.74, 6) is 0.492. The lowest BCUT2D eigenvalue weighted by Crippen LogP contribution is -2.37. The monoisotopic (exact) mass is 442 g/mol. The standard InChI is InChI=1S/C17H19BrN2O5S/c1-24-15-9-8-12(10-16(15)25-2)19-17(21)11-20(26(3,22)23)14-7-5-4-6-13(14)18/h4-10H,11H2,1-3H3,(H,19,21). The Bertz CT molecular complexity index is 902. The smallest absolute Gasteiger partial charge is 0.245 e. The zero-order valence-electron chi connectivity index (χ0n) is 14.5. The molecular weight excluding hydrogens is 424 g/mol. The van der Waals surface area contributed by atoms with E-state index in [-0.39, 0.29) is 6.54 Å². The zero-order valence-corrected chi connectivity index (χ0v) is 16.9. The van der Waals surface area contributed by atoms with Crippen LogP contribution in [0.1, 0.15) is 0 Å². The summed E-state index contributed by atoms with van der Waals surface area (Å²) >= 11 is 3.31. The van der Waals surface area contributed by atoms with Gasteiger partial charge in [0.05, 0.1) is 26.2 Å². The number of carbonyl (C=O) groups excluding carboxylic acids is 1. The molecule has 0 atom stereocenters. The predicted octanol–water partition coefficient (Wildman–Crippen LogP) is 2.87. The highest BCUT2D eigenvalue weighted by molar-refractivity contribution is 9.10. The second-order valence-corrected chi connectivity index (χ2v) is 8.10. The van der Waals surface area contributed by atoms with Crippen molar-refractivity contribution >= 4 is 43.2 Å². The van der Waals surface area contributed by atoms with Gasteiger partial charge in [0.15, 0.2) is 11.5 Å². The molecule has 0 aromatic heterocycles. The van der Waals surface area contributed by atoms with Gasteiger partial charge < -0.3 is 14.8 Å². The molecule has 0 heterocycles. The van der Waals surface area contributed by atoms with Crippen LogP contribution in [-0.4, -0.2) is 41.3 Å². The number of anilines is 2. The highest BCUT2D eigenvalue weighted by Gasteiger charge is 2.22. The Morgan fingerprint density at radius 3 is 2.35 bits per heavy atom. The Balaban J connectivity index is 2.22. The van der Waals surface area contributed by atoms with Crippen molar-refractivity contribution in [1.82, 2.24) is 0 Å². The van der Waals surface area contributed by atoms with Crippen LogP contribution in [0.2, 0.25) is 0 Å². The summed E-state index contributed by atoms with van der Waals surface area (Å²) in [4.78, 5) is 12.4. The van der Waals surface area contributed by atoms with Crippen molar-refractivity contribution in [3.63, 3.8) is 0 Å². The van der Waals surface area contributed by atoms with E-state index in [0.29, 0.717) is 27.3 Å². The Morgan fingerprint density at radius 2 is 1.77 bits per heavy atom. The number of nitrogens with zero attached hydrogens (tertiary/aromatic N) is 1. The first-order valence-corrected chi connectivity index (χ1v) is 10.1. The summed E-state index contributed by atoms with van der Waals surface area (Å²) in [6, 6.07) is 11.7. The first-order chi connectivity index (χ1) is 12.3. The van der Waals surface area contributed by atoms with Crippen molar-refractivity contribution in [2.75, 3.05) is 36.6 Å². The number of rotatable bonds is 7. The molecule has 9 heteroatoms. The van der Waals surface area contributed by atoms with Crippen LogP contribution in [-0.2, 0) is 14.8 Å². The Labute approximate surface area is 161 Å². The van der Waals surface area contributed by atoms with Crippen LogP contribution in [0, 0.1) is 0 Å². The van der Waals surface area contributed by atoms with E-state index in [1.165, 1.54) is 14.2 Å². The van der Waals surface area contributed by atoms with Gasteiger partial charge in [0.25, 0.3) is 0 Å². The van der Waals surface area contributed by atoms with Crippen molar-refractivity contribution in [2.45, 2.75) is 0 Å². The fraction of sp³-hybridized carbons (Fsp3) is 0.235. The Kier molecular flexibility index (Phi) is 6.49. The molecule has 0 bridgehead atoms. The fourth-order valence-electron chi connectivity index (χ4n) is 2.28. The van der Waals surface area contributed by atoms with Gasteiger partial charge in [0.2, 0.25) is 15.9 Å². The number of hydrogen-bond donors (Lipinski definition) is 1. The van der Waals surface area contributed by atoms with Gasteiger partial charge in [0.1, 0.15) is 6.54 Å². The summed E-state index contributed by atoms with van der Waals surface area (Å²) in [6.45, 7) is -0.365. The molecule has 7 nitrogen and oxygen atoms in total. The first kappa shape index (κ1) is 20.1. The third kappa shape index (κ3) is 4.89. The van der Waals surface area contributed by atoms with Crippen LogP contribution in [0.4, 0.5) is 11.4 Å². The number of carbonyl (C=O) groups is 1. The van der Waals surface area contributed by atoms with E-state index < -0.39 is 15.9 Å². The number of halogens is 1. The predicted molar refractivity (Wildman–Crippen MR) is 105 cm³/mol. The minimum Gasteiger partial charge on any atom is -0.493 e. The highest BCUT2D eigenvalue weighted by Crippen LogP contribution is 2.30. The normalized spacial score (nSPS) is 10.9. The number of ether oxygens (including phenoxy) is 2. The molecule has 1 amide bonds. The number of sulfonamides is 1. The van der Waals surface area contributed by atoms with Crippen LogP contribution in [0.15, 0.2) is 46.9 Å². The molecule has 2 aromatic rings. The topological polar surface area (TPSA) is 84.9 Å². The van der Waals surface area contributed by atoms with Crippen LogP contribution in [0.3, 0.4) is 0 Å². The molecule has 2 aromatic carbocycles. The van der Waals surface area contributed by atoms with Gasteiger partial charge in [-0.25, -0.2) is 8.42 Å². The van der Waals surface area contributed by atoms with E-state index >= 15 is 0 Å². The lowest BCUT2D eigenvalue weighted by Gasteiger charge is -2.23. The lowest BCUT2D eigenvalue weighted by molar-refractivity contribution is -0.114. The number of para-hydroxylation sites is 1. The van der Waals surface area contributed by atoms with Crippen LogP contribution < -0.4 is 19.1 Å². The number of amides is 1. The maximum Gasteiger partial charge on any atom is 0.245 e. The zero-order chi connectivity index (χ0) is 19.3. The second-order valence-electron chi connectivity index (χ2n) is 5.34. The third-order valence-corrected chi connectivity index (χ3v) is 5.27. The van der Waals surface area contributed by atoms with E-state index in [1.807, 2.05) is 0 Å². The lowest BCUT2D eigenvalue weighted by atomic mass is 10.2. The molecule has 1 N–H and O–H groups in total. The summed E-state index contributed by atoms with van der Waals surface area (Å²) < 4.78 is 36.2. The maximum atomic E-state index is 12.4. The Hall–Kier alpha value is -2.26. The molecule has 140 valence electrons. The molecular formula is C17H19BrN2O5S. The van der Waals surface area contributed by atoms with Crippen LogP contribution in [0.25, 0.3) is 0 Å². The van der Waals surface area contributed by atoms with Gasteiger partial charge >= 0.3 is 0 Å².